The minimum Gasteiger partial charge on any atom is -0.390 e. The van der Waals surface area contributed by atoms with Crippen LogP contribution in [0.15, 0.2) is 59.4 Å². The third kappa shape index (κ3) is 3.21. The number of nitrogens with two attached hydrogens (primary N) is 1. The van der Waals surface area contributed by atoms with E-state index in [-0.39, 0.29) is 5.84 Å². The van der Waals surface area contributed by atoms with Gasteiger partial charge in [-0.1, -0.05) is 30.3 Å². The van der Waals surface area contributed by atoms with Crippen molar-refractivity contribution in [1.29, 1.82) is 0 Å². The molecule has 0 saturated heterocycles. The van der Waals surface area contributed by atoms with Crippen LogP contribution in [0.4, 0.5) is 0 Å². The summed E-state index contributed by atoms with van der Waals surface area (Å²) in [6, 6.07) is 10.2. The number of hydrogen-bond acceptors (Lipinski definition) is 4. The molecule has 1 aliphatic heterocycles. The van der Waals surface area contributed by atoms with Crippen molar-refractivity contribution in [3.8, 4) is 0 Å². The highest BCUT2D eigenvalue weighted by atomic mass is 16.3. The van der Waals surface area contributed by atoms with Gasteiger partial charge in [0.2, 0.25) is 0 Å². The Labute approximate surface area is 107 Å². The molecule has 4 N–H and O–H groups in total. The van der Waals surface area contributed by atoms with Gasteiger partial charge in [-0.25, -0.2) is 4.99 Å². The first kappa shape index (κ1) is 12.4. The van der Waals surface area contributed by atoms with Crippen molar-refractivity contribution in [2.75, 3.05) is 6.54 Å². The summed E-state index contributed by atoms with van der Waals surface area (Å²) in [6.07, 6.45) is 5.25. The number of nitrogens with one attached hydrogen (secondary N) is 1. The SMILES string of the molecule is NC1=NC=CC(=CNCCc2ccccc2)C1O. The van der Waals surface area contributed by atoms with Crippen LogP contribution in [0.2, 0.25) is 0 Å². The van der Waals surface area contributed by atoms with Gasteiger partial charge in [0.1, 0.15) is 11.9 Å². The van der Waals surface area contributed by atoms with Gasteiger partial charge < -0.3 is 16.2 Å². The predicted molar refractivity (Wildman–Crippen MR) is 73.0 cm³/mol. The van der Waals surface area contributed by atoms with Gasteiger partial charge in [-0.3, -0.25) is 0 Å². The second-order valence-electron chi connectivity index (χ2n) is 4.11. The van der Waals surface area contributed by atoms with E-state index in [0.717, 1.165) is 18.5 Å². The average molecular weight is 243 g/mol. The molecule has 94 valence electrons. The Hall–Kier alpha value is -2.07. The number of aliphatic hydroxyl groups is 1. The highest BCUT2D eigenvalue weighted by Gasteiger charge is 2.15. The standard InChI is InChI=1S/C14H17N3O/c15-14-13(18)12(7-9-17-14)10-16-8-6-11-4-2-1-3-5-11/h1-5,7,9-10,13,16,18H,6,8H2,(H2,15,17). The molecular weight excluding hydrogens is 226 g/mol. The van der Waals surface area contributed by atoms with Crippen LogP contribution in [0.3, 0.4) is 0 Å². The fourth-order valence-corrected chi connectivity index (χ4v) is 1.72. The summed E-state index contributed by atoms with van der Waals surface area (Å²) < 4.78 is 0. The second-order valence-corrected chi connectivity index (χ2v) is 4.11. The van der Waals surface area contributed by atoms with Crippen molar-refractivity contribution in [3.05, 3.63) is 59.9 Å². The molecule has 0 spiro atoms. The Morgan fingerprint density at radius 1 is 1.33 bits per heavy atom. The number of benzene rings is 1. The number of aliphatic imine (C=N–C) groups is 1. The topological polar surface area (TPSA) is 70.6 Å². The van der Waals surface area contributed by atoms with E-state index in [1.165, 1.54) is 5.56 Å². The van der Waals surface area contributed by atoms with Crippen molar-refractivity contribution in [2.24, 2.45) is 10.7 Å². The number of amidine groups is 1. The van der Waals surface area contributed by atoms with Crippen LogP contribution in [-0.2, 0) is 6.42 Å². The molecule has 0 fully saturated rings. The predicted octanol–water partition coefficient (Wildman–Crippen LogP) is 0.948. The third-order valence-electron chi connectivity index (χ3n) is 2.76. The lowest BCUT2D eigenvalue weighted by atomic mass is 10.1. The molecule has 2 rings (SSSR count). The Morgan fingerprint density at radius 2 is 2.11 bits per heavy atom. The van der Waals surface area contributed by atoms with Crippen LogP contribution >= 0.6 is 0 Å². The molecule has 0 amide bonds. The Balaban J connectivity index is 1.82. The zero-order chi connectivity index (χ0) is 12.8. The normalized spacial score (nSPS) is 20.8. The van der Waals surface area contributed by atoms with Crippen molar-refractivity contribution >= 4 is 5.84 Å². The number of rotatable bonds is 4. The number of nitrogens with zero attached hydrogens (tertiary/aromatic N) is 1. The maximum Gasteiger partial charge on any atom is 0.137 e. The molecule has 4 nitrogen and oxygen atoms in total. The van der Waals surface area contributed by atoms with Crippen molar-refractivity contribution in [3.63, 3.8) is 0 Å². The van der Waals surface area contributed by atoms with E-state index in [0.29, 0.717) is 0 Å². The van der Waals surface area contributed by atoms with E-state index in [2.05, 4.69) is 22.4 Å². The maximum atomic E-state index is 9.74. The van der Waals surface area contributed by atoms with Gasteiger partial charge in [-0.15, -0.1) is 0 Å². The van der Waals surface area contributed by atoms with E-state index in [1.807, 2.05) is 18.2 Å². The molecule has 0 aliphatic carbocycles. The van der Waals surface area contributed by atoms with E-state index < -0.39 is 6.10 Å². The molecular formula is C14H17N3O. The van der Waals surface area contributed by atoms with Crippen molar-refractivity contribution in [1.82, 2.24) is 5.32 Å². The molecule has 18 heavy (non-hydrogen) atoms. The second kappa shape index (κ2) is 6.02. The van der Waals surface area contributed by atoms with Gasteiger partial charge >= 0.3 is 0 Å². The molecule has 1 unspecified atom stereocenters. The molecule has 0 saturated carbocycles. The molecule has 1 aromatic rings. The number of hydrogen-bond donors (Lipinski definition) is 3. The summed E-state index contributed by atoms with van der Waals surface area (Å²) in [4.78, 5) is 3.83. The van der Waals surface area contributed by atoms with Crippen molar-refractivity contribution in [2.45, 2.75) is 12.5 Å². The summed E-state index contributed by atoms with van der Waals surface area (Å²) >= 11 is 0. The first-order valence-electron chi connectivity index (χ1n) is 5.92. The summed E-state index contributed by atoms with van der Waals surface area (Å²) in [5.74, 6) is 0.230. The van der Waals surface area contributed by atoms with Gasteiger partial charge in [-0.05, 0) is 18.1 Å². The summed E-state index contributed by atoms with van der Waals surface area (Å²) in [7, 11) is 0. The van der Waals surface area contributed by atoms with Gasteiger partial charge in [-0.2, -0.15) is 0 Å². The number of aliphatic hydroxyl groups excluding tert-OH is 1. The first-order valence-corrected chi connectivity index (χ1v) is 5.92. The Bertz CT molecular complexity index is 477. The van der Waals surface area contributed by atoms with Gasteiger partial charge in [0, 0.05) is 24.5 Å². The van der Waals surface area contributed by atoms with Crippen LogP contribution in [-0.4, -0.2) is 23.6 Å². The molecule has 0 radical (unpaired) electrons. The third-order valence-corrected chi connectivity index (χ3v) is 2.76. The lowest BCUT2D eigenvalue weighted by molar-refractivity contribution is 0.277. The lowest BCUT2D eigenvalue weighted by Gasteiger charge is -2.14. The van der Waals surface area contributed by atoms with Crippen LogP contribution in [0, 0.1) is 0 Å². The van der Waals surface area contributed by atoms with E-state index >= 15 is 0 Å². The first-order chi connectivity index (χ1) is 8.77. The van der Waals surface area contributed by atoms with Crippen LogP contribution in [0.5, 0.6) is 0 Å². The van der Waals surface area contributed by atoms with E-state index in [9.17, 15) is 5.11 Å². The fraction of sp³-hybridized carbons (Fsp3) is 0.214. The summed E-state index contributed by atoms with van der Waals surface area (Å²) in [5, 5.41) is 12.9. The average Bonchev–Trinajstić information content (AvgIpc) is 2.40. The summed E-state index contributed by atoms with van der Waals surface area (Å²) in [6.45, 7) is 0.811. The minimum absolute atomic E-state index is 0.230. The Kier molecular flexibility index (Phi) is 4.15. The largest absolute Gasteiger partial charge is 0.390 e. The molecule has 4 heteroatoms. The molecule has 1 aromatic carbocycles. The molecule has 1 heterocycles. The smallest absolute Gasteiger partial charge is 0.137 e. The van der Waals surface area contributed by atoms with Crippen molar-refractivity contribution < 1.29 is 5.11 Å². The lowest BCUT2D eigenvalue weighted by Crippen LogP contribution is -2.32. The van der Waals surface area contributed by atoms with Gasteiger partial charge in [0.25, 0.3) is 0 Å². The van der Waals surface area contributed by atoms with Gasteiger partial charge in [0.05, 0.1) is 0 Å². The molecule has 0 aromatic heterocycles. The monoisotopic (exact) mass is 243 g/mol. The van der Waals surface area contributed by atoms with Crippen LogP contribution in [0.1, 0.15) is 5.56 Å². The maximum absolute atomic E-state index is 9.74. The summed E-state index contributed by atoms with van der Waals surface area (Å²) in [5.41, 5.74) is 7.56. The molecule has 0 bridgehead atoms. The van der Waals surface area contributed by atoms with Crippen LogP contribution in [0.25, 0.3) is 0 Å². The molecule has 1 aliphatic rings. The quantitative estimate of drug-likeness (QED) is 0.689. The highest BCUT2D eigenvalue weighted by Crippen LogP contribution is 2.08. The highest BCUT2D eigenvalue weighted by molar-refractivity contribution is 5.89. The van der Waals surface area contributed by atoms with Gasteiger partial charge in [0.15, 0.2) is 0 Å². The zero-order valence-electron chi connectivity index (χ0n) is 10.1. The fourth-order valence-electron chi connectivity index (χ4n) is 1.72. The minimum atomic E-state index is -0.806. The molecule has 1 atom stereocenters. The van der Waals surface area contributed by atoms with E-state index in [1.54, 1.807) is 18.5 Å². The Morgan fingerprint density at radius 3 is 2.89 bits per heavy atom. The van der Waals surface area contributed by atoms with E-state index in [4.69, 9.17) is 5.73 Å². The zero-order valence-corrected chi connectivity index (χ0v) is 10.1. The van der Waals surface area contributed by atoms with Crippen LogP contribution < -0.4 is 11.1 Å².